The van der Waals surface area contributed by atoms with Crippen LogP contribution < -0.4 is 4.90 Å². The summed E-state index contributed by atoms with van der Waals surface area (Å²) in [4.78, 5) is 13.4. The number of benzene rings is 2. The third-order valence-corrected chi connectivity index (χ3v) is 13.1. The molecular formula is C44H63N2O11S2+. The number of fused-ring (bicyclic) bond motifs is 2. The van der Waals surface area contributed by atoms with Crippen molar-refractivity contribution in [1.82, 2.24) is 0 Å². The molecule has 13 nitrogen and oxygen atoms in total. The first-order chi connectivity index (χ1) is 28.0. The van der Waals surface area contributed by atoms with Crippen LogP contribution in [0.25, 0.3) is 0 Å². The zero-order valence-electron chi connectivity index (χ0n) is 35.2. The summed E-state index contributed by atoms with van der Waals surface area (Å²) in [6, 6.07) is 12.7. The fourth-order valence-electron chi connectivity index (χ4n) is 8.44. The predicted molar refractivity (Wildman–Crippen MR) is 232 cm³/mol. The molecule has 326 valence electrons. The summed E-state index contributed by atoms with van der Waals surface area (Å²) in [7, 11) is -3.35. The van der Waals surface area contributed by atoms with Gasteiger partial charge in [0.15, 0.2) is 5.71 Å². The molecule has 2 aliphatic rings. The molecule has 59 heavy (non-hydrogen) atoms. The van der Waals surface area contributed by atoms with E-state index in [0.717, 1.165) is 64.3 Å². The van der Waals surface area contributed by atoms with Gasteiger partial charge in [0.1, 0.15) is 6.54 Å². The zero-order valence-corrected chi connectivity index (χ0v) is 36.8. The van der Waals surface area contributed by atoms with Crippen molar-refractivity contribution < 1.29 is 54.6 Å². The Balaban J connectivity index is 1.77. The fraction of sp³-hybridized carbons (Fsp3) is 0.545. The number of carboxylic acid groups (broad SMARTS) is 1. The van der Waals surface area contributed by atoms with E-state index < -0.39 is 37.0 Å². The Labute approximate surface area is 351 Å². The molecule has 2 aromatic carbocycles. The van der Waals surface area contributed by atoms with Gasteiger partial charge in [-0.1, -0.05) is 36.4 Å². The van der Waals surface area contributed by atoms with Crippen LogP contribution in [-0.2, 0) is 62.9 Å². The molecule has 2 atom stereocenters. The van der Waals surface area contributed by atoms with E-state index in [2.05, 4.69) is 59.7 Å². The number of aliphatic carboxylic acids is 1. The number of hydrogen-bond donors (Lipinski definition) is 3. The molecule has 2 aliphatic heterocycles. The van der Waals surface area contributed by atoms with E-state index in [1.807, 2.05) is 30.4 Å². The van der Waals surface area contributed by atoms with Gasteiger partial charge in [-0.3, -0.25) is 13.9 Å². The van der Waals surface area contributed by atoms with Gasteiger partial charge in [-0.05, 0) is 100 Å². The van der Waals surface area contributed by atoms with Crippen molar-refractivity contribution in [2.45, 2.75) is 88.9 Å². The highest BCUT2D eigenvalue weighted by Crippen LogP contribution is 2.51. The lowest BCUT2D eigenvalue weighted by molar-refractivity contribution is -0.438. The quantitative estimate of drug-likeness (QED) is 0.0390. The molecule has 0 aromatic heterocycles. The maximum Gasteiger partial charge on any atom is 0.303 e. The Kier molecular flexibility index (Phi) is 17.6. The highest BCUT2D eigenvalue weighted by Gasteiger charge is 2.47. The number of rotatable bonds is 26. The molecule has 15 heteroatoms. The summed E-state index contributed by atoms with van der Waals surface area (Å²) in [5.74, 6) is -1.53. The second kappa shape index (κ2) is 21.7. The van der Waals surface area contributed by atoms with E-state index >= 15 is 0 Å². The molecular weight excluding hydrogens is 797 g/mol. The van der Waals surface area contributed by atoms with Gasteiger partial charge >= 0.3 is 5.97 Å². The van der Waals surface area contributed by atoms with Crippen LogP contribution >= 0.6 is 0 Å². The molecule has 0 spiro atoms. The van der Waals surface area contributed by atoms with Crippen molar-refractivity contribution in [2.75, 3.05) is 70.6 Å². The third-order valence-electron chi connectivity index (χ3n) is 11.5. The van der Waals surface area contributed by atoms with E-state index in [9.17, 15) is 35.8 Å². The van der Waals surface area contributed by atoms with Crippen LogP contribution in [0.15, 0.2) is 72.5 Å². The molecule has 2 aromatic rings. The van der Waals surface area contributed by atoms with Crippen LogP contribution in [0.3, 0.4) is 0 Å². The first kappa shape index (κ1) is 48.0. The molecule has 2 heterocycles. The van der Waals surface area contributed by atoms with E-state index in [-0.39, 0.29) is 30.8 Å². The van der Waals surface area contributed by atoms with Gasteiger partial charge in [-0.25, -0.2) is 0 Å². The largest absolute Gasteiger partial charge is 0.481 e. The molecule has 4 rings (SSSR count). The summed E-state index contributed by atoms with van der Waals surface area (Å²) in [6.45, 7) is 6.98. The molecule has 3 N–H and O–H groups in total. The number of carboxylic acids is 1. The molecule has 0 saturated carbocycles. The Bertz CT molecular complexity index is 2110. The van der Waals surface area contributed by atoms with Crippen LogP contribution in [0.5, 0.6) is 0 Å². The number of methoxy groups -OCH3 is 3. The lowest BCUT2D eigenvalue weighted by atomic mass is 9.75. The molecule has 0 radical (unpaired) electrons. The van der Waals surface area contributed by atoms with Crippen LogP contribution in [0, 0.1) is 0 Å². The minimum atomic E-state index is -4.17. The second-order valence-electron chi connectivity index (χ2n) is 15.8. The van der Waals surface area contributed by atoms with E-state index in [4.69, 9.17) is 14.2 Å². The number of anilines is 1. The van der Waals surface area contributed by atoms with Gasteiger partial charge in [0.05, 0.1) is 36.7 Å². The lowest BCUT2D eigenvalue weighted by Crippen LogP contribution is -2.32. The standard InChI is InChI=1S/C44H62N2O11S2/c1-43(23-12-30-58(49,50)51)36-32-34(21-27-55-3)17-19-38(36)45(25-11-7-10-16-42(47)48)40(43)14-8-6-9-15-41-44(2,24-13-31-59(52,53)54)37-33-35(22-28-56-4)18-20-39(37)46(41)26-29-57-5/h6,8-9,14-15,17-20,32-33H,7,10-13,16,21-31H2,1-5H3,(H2-,47,48,49,50,51,52,53,54)/p+1. The highest BCUT2D eigenvalue weighted by atomic mass is 32.2. The van der Waals surface area contributed by atoms with E-state index in [1.54, 1.807) is 21.3 Å². The first-order valence-electron chi connectivity index (χ1n) is 20.3. The highest BCUT2D eigenvalue weighted by molar-refractivity contribution is 7.86. The van der Waals surface area contributed by atoms with Crippen molar-refractivity contribution in [3.05, 3.63) is 94.7 Å². The average Bonchev–Trinajstić information content (AvgIpc) is 3.53. The molecule has 0 bridgehead atoms. The predicted octanol–water partition coefficient (Wildman–Crippen LogP) is 6.82. The minimum Gasteiger partial charge on any atom is -0.481 e. The van der Waals surface area contributed by atoms with Crippen molar-refractivity contribution in [3.63, 3.8) is 0 Å². The smallest absolute Gasteiger partial charge is 0.303 e. The van der Waals surface area contributed by atoms with Crippen LogP contribution in [-0.4, -0.2) is 113 Å². The van der Waals surface area contributed by atoms with Crippen LogP contribution in [0.2, 0.25) is 0 Å². The summed E-state index contributed by atoms with van der Waals surface area (Å²) in [6.07, 6.45) is 15.0. The summed E-state index contributed by atoms with van der Waals surface area (Å²) >= 11 is 0. The van der Waals surface area contributed by atoms with Gasteiger partial charge in [-0.2, -0.15) is 21.4 Å². The monoisotopic (exact) mass is 859 g/mol. The van der Waals surface area contributed by atoms with E-state index in [0.29, 0.717) is 58.6 Å². The number of carbonyl (C=O) groups is 1. The minimum absolute atomic E-state index is 0.103. The molecule has 0 aliphatic carbocycles. The zero-order chi connectivity index (χ0) is 43.3. The van der Waals surface area contributed by atoms with Gasteiger partial charge in [0.2, 0.25) is 5.69 Å². The normalized spacial score (nSPS) is 20.1. The van der Waals surface area contributed by atoms with Gasteiger partial charge in [0, 0.05) is 75.2 Å². The van der Waals surface area contributed by atoms with Crippen molar-refractivity contribution in [1.29, 1.82) is 0 Å². The Hall–Kier alpha value is -3.70. The molecule has 0 saturated heterocycles. The van der Waals surface area contributed by atoms with Crippen molar-refractivity contribution in [2.24, 2.45) is 0 Å². The van der Waals surface area contributed by atoms with Gasteiger partial charge in [0.25, 0.3) is 20.2 Å². The molecule has 0 amide bonds. The van der Waals surface area contributed by atoms with Crippen LogP contribution in [0.4, 0.5) is 11.4 Å². The number of nitrogens with zero attached hydrogens (tertiary/aromatic N) is 2. The number of allylic oxidation sites excluding steroid dienone is 6. The molecule has 0 fully saturated rings. The average molecular weight is 860 g/mol. The van der Waals surface area contributed by atoms with Gasteiger partial charge in [-0.15, -0.1) is 0 Å². The maximum atomic E-state index is 11.8. The topological polar surface area (TPSA) is 180 Å². The first-order valence-corrected chi connectivity index (χ1v) is 23.5. The Morgan fingerprint density at radius 1 is 0.746 bits per heavy atom. The fourth-order valence-corrected chi connectivity index (χ4v) is 9.46. The maximum absolute atomic E-state index is 11.8. The third kappa shape index (κ3) is 13.1. The SMILES string of the molecule is COCCc1ccc2c(c1)C(C)(CCCS(=O)(=O)O)C(=CC=CC=CC1=[N+](CCCCCC(=O)O)c3ccc(CCOC)cc3C1(C)CCCS(=O)(=O)O)N2CCOC. The second-order valence-corrected chi connectivity index (χ2v) is 19.0. The lowest BCUT2D eigenvalue weighted by Gasteiger charge is -2.30. The van der Waals surface area contributed by atoms with Gasteiger partial charge < -0.3 is 24.2 Å². The number of unbranched alkanes of at least 4 members (excludes halogenated alkanes) is 2. The van der Waals surface area contributed by atoms with Crippen molar-refractivity contribution >= 4 is 43.3 Å². The Morgan fingerprint density at radius 2 is 1.34 bits per heavy atom. The summed E-state index contributed by atoms with van der Waals surface area (Å²) < 4.78 is 84.9. The Morgan fingerprint density at radius 3 is 1.93 bits per heavy atom. The van der Waals surface area contributed by atoms with Crippen molar-refractivity contribution in [3.8, 4) is 0 Å². The number of hydrogen-bond acceptors (Lipinski definition) is 9. The number of ether oxygens (including phenoxy) is 3. The molecule has 2 unspecified atom stereocenters. The van der Waals surface area contributed by atoms with E-state index in [1.165, 1.54) is 0 Å². The summed E-state index contributed by atoms with van der Waals surface area (Å²) in [5, 5.41) is 9.19. The van der Waals surface area contributed by atoms with Crippen LogP contribution in [0.1, 0.15) is 87.5 Å². The summed E-state index contributed by atoms with van der Waals surface area (Å²) in [5.41, 5.74) is 7.07.